The predicted octanol–water partition coefficient (Wildman–Crippen LogP) is 0.827. The van der Waals surface area contributed by atoms with Gasteiger partial charge < -0.3 is 10.2 Å². The van der Waals surface area contributed by atoms with E-state index in [1.165, 1.54) is 0 Å². The SMILES string of the molecule is CC(C)N(C)CCNC1CCS(=O)CC1. The van der Waals surface area contributed by atoms with E-state index in [9.17, 15) is 4.21 Å². The molecule has 1 N–H and O–H groups in total. The van der Waals surface area contributed by atoms with Gasteiger partial charge in [0.2, 0.25) is 0 Å². The fourth-order valence-corrected chi connectivity index (χ4v) is 3.00. The number of nitrogens with zero attached hydrogens (tertiary/aromatic N) is 1. The molecule has 0 unspecified atom stereocenters. The molecule has 1 fully saturated rings. The molecule has 0 atom stereocenters. The van der Waals surface area contributed by atoms with Crippen LogP contribution in [0.5, 0.6) is 0 Å². The molecule has 1 saturated heterocycles. The molecule has 0 aliphatic carbocycles. The Labute approximate surface area is 96.1 Å². The van der Waals surface area contributed by atoms with Crippen LogP contribution in [0.25, 0.3) is 0 Å². The molecular weight excluding hydrogens is 208 g/mol. The maximum atomic E-state index is 11.2. The van der Waals surface area contributed by atoms with Crippen molar-refractivity contribution < 1.29 is 4.21 Å². The minimum Gasteiger partial charge on any atom is -0.313 e. The Kier molecular flexibility index (Phi) is 5.79. The normalized spacial score (nSPS) is 27.5. The largest absolute Gasteiger partial charge is 0.313 e. The lowest BCUT2D eigenvalue weighted by atomic mass is 10.1. The summed E-state index contributed by atoms with van der Waals surface area (Å²) in [5.41, 5.74) is 0. The summed E-state index contributed by atoms with van der Waals surface area (Å²) >= 11 is 0. The lowest BCUT2D eigenvalue weighted by Gasteiger charge is -2.25. The molecule has 1 heterocycles. The molecule has 0 aromatic rings. The molecule has 0 amide bonds. The van der Waals surface area contributed by atoms with Crippen LogP contribution < -0.4 is 5.32 Å². The zero-order valence-corrected chi connectivity index (χ0v) is 11.0. The third kappa shape index (κ3) is 5.09. The summed E-state index contributed by atoms with van der Waals surface area (Å²) in [7, 11) is 1.62. The Morgan fingerprint density at radius 2 is 2.00 bits per heavy atom. The van der Waals surface area contributed by atoms with Gasteiger partial charge in [-0.1, -0.05) is 0 Å². The lowest BCUT2D eigenvalue weighted by molar-refractivity contribution is 0.267. The highest BCUT2D eigenvalue weighted by atomic mass is 32.2. The van der Waals surface area contributed by atoms with E-state index < -0.39 is 10.8 Å². The Bertz CT molecular complexity index is 199. The third-order valence-corrected chi connectivity index (χ3v) is 4.55. The van der Waals surface area contributed by atoms with Gasteiger partial charge in [0.05, 0.1) is 0 Å². The molecule has 0 aromatic heterocycles. The molecule has 90 valence electrons. The van der Waals surface area contributed by atoms with Gasteiger partial charge >= 0.3 is 0 Å². The minimum atomic E-state index is -0.533. The summed E-state index contributed by atoms with van der Waals surface area (Å²) in [5, 5.41) is 3.55. The quantitative estimate of drug-likeness (QED) is 0.762. The van der Waals surface area contributed by atoms with E-state index in [0.29, 0.717) is 12.1 Å². The number of likely N-dealkylation sites (N-methyl/N-ethyl adjacent to an activating group) is 1. The second-order valence-corrected chi connectivity index (χ2v) is 6.35. The molecule has 0 aromatic carbocycles. The summed E-state index contributed by atoms with van der Waals surface area (Å²) in [6, 6.07) is 1.22. The standard InChI is InChI=1S/C11H24N2OS/c1-10(2)13(3)7-6-12-11-4-8-15(14)9-5-11/h10-12H,4-9H2,1-3H3. The highest BCUT2D eigenvalue weighted by Crippen LogP contribution is 2.08. The molecule has 1 rings (SSSR count). The fraction of sp³-hybridized carbons (Fsp3) is 1.00. The fourth-order valence-electron chi connectivity index (χ4n) is 1.70. The Balaban J connectivity index is 2.07. The Hall–Kier alpha value is 0.0700. The van der Waals surface area contributed by atoms with Crippen LogP contribution in [0, 0.1) is 0 Å². The number of rotatable bonds is 5. The van der Waals surface area contributed by atoms with Crippen LogP contribution in [0.15, 0.2) is 0 Å². The molecule has 15 heavy (non-hydrogen) atoms. The minimum absolute atomic E-state index is 0.533. The zero-order chi connectivity index (χ0) is 11.3. The molecular formula is C11H24N2OS. The van der Waals surface area contributed by atoms with Crippen LogP contribution in [0.2, 0.25) is 0 Å². The van der Waals surface area contributed by atoms with E-state index in [-0.39, 0.29) is 0 Å². The molecule has 0 spiro atoms. The molecule has 0 saturated carbocycles. The maximum Gasteiger partial charge on any atom is 0.0249 e. The monoisotopic (exact) mass is 232 g/mol. The second kappa shape index (κ2) is 6.61. The molecule has 0 radical (unpaired) electrons. The van der Waals surface area contributed by atoms with Gasteiger partial charge in [-0.3, -0.25) is 4.21 Å². The number of hydrogen-bond acceptors (Lipinski definition) is 3. The second-order valence-electron chi connectivity index (χ2n) is 4.65. The van der Waals surface area contributed by atoms with Crippen LogP contribution in [0.3, 0.4) is 0 Å². The zero-order valence-electron chi connectivity index (χ0n) is 10.2. The van der Waals surface area contributed by atoms with Crippen LogP contribution in [-0.4, -0.2) is 52.8 Å². The van der Waals surface area contributed by atoms with Crippen molar-refractivity contribution in [3.63, 3.8) is 0 Å². The molecule has 1 aliphatic heterocycles. The molecule has 1 aliphatic rings. The van der Waals surface area contributed by atoms with Crippen LogP contribution in [0.1, 0.15) is 26.7 Å². The van der Waals surface area contributed by atoms with Crippen LogP contribution >= 0.6 is 0 Å². The topological polar surface area (TPSA) is 32.3 Å². The third-order valence-electron chi connectivity index (χ3n) is 3.17. The first-order chi connectivity index (χ1) is 7.09. The highest BCUT2D eigenvalue weighted by Gasteiger charge is 2.16. The average molecular weight is 232 g/mol. The number of nitrogens with one attached hydrogen (secondary N) is 1. The lowest BCUT2D eigenvalue weighted by Crippen LogP contribution is -2.40. The number of hydrogen-bond donors (Lipinski definition) is 1. The summed E-state index contributed by atoms with van der Waals surface area (Å²) in [6.07, 6.45) is 2.16. The summed E-state index contributed by atoms with van der Waals surface area (Å²) in [5.74, 6) is 1.77. The van der Waals surface area contributed by atoms with Crippen LogP contribution in [-0.2, 0) is 10.8 Å². The van der Waals surface area contributed by atoms with E-state index in [1.807, 2.05) is 0 Å². The van der Waals surface area contributed by atoms with Gasteiger partial charge in [0, 0.05) is 47.5 Å². The van der Waals surface area contributed by atoms with Gasteiger partial charge in [-0.15, -0.1) is 0 Å². The Morgan fingerprint density at radius 3 is 2.53 bits per heavy atom. The summed E-state index contributed by atoms with van der Waals surface area (Å²) in [6.45, 7) is 6.57. The van der Waals surface area contributed by atoms with Crippen molar-refractivity contribution in [2.45, 2.75) is 38.8 Å². The first-order valence-electron chi connectivity index (χ1n) is 5.88. The van der Waals surface area contributed by atoms with E-state index in [0.717, 1.165) is 37.4 Å². The van der Waals surface area contributed by atoms with Gasteiger partial charge in [-0.25, -0.2) is 0 Å². The van der Waals surface area contributed by atoms with Crippen molar-refractivity contribution >= 4 is 10.8 Å². The molecule has 3 nitrogen and oxygen atoms in total. The first kappa shape index (κ1) is 13.1. The summed E-state index contributed by atoms with van der Waals surface area (Å²) < 4.78 is 11.2. The summed E-state index contributed by atoms with van der Waals surface area (Å²) in [4.78, 5) is 2.34. The highest BCUT2D eigenvalue weighted by molar-refractivity contribution is 7.85. The molecule has 4 heteroatoms. The first-order valence-corrected chi connectivity index (χ1v) is 7.37. The van der Waals surface area contributed by atoms with E-state index in [4.69, 9.17) is 0 Å². The van der Waals surface area contributed by atoms with Gasteiger partial charge in [-0.2, -0.15) is 0 Å². The van der Waals surface area contributed by atoms with Crippen molar-refractivity contribution in [3.8, 4) is 0 Å². The van der Waals surface area contributed by atoms with Gasteiger partial charge in [0.25, 0.3) is 0 Å². The van der Waals surface area contributed by atoms with Gasteiger partial charge in [-0.05, 0) is 33.7 Å². The van der Waals surface area contributed by atoms with Gasteiger partial charge in [0.15, 0.2) is 0 Å². The van der Waals surface area contributed by atoms with E-state index in [2.05, 4.69) is 31.1 Å². The average Bonchev–Trinajstić information content (AvgIpc) is 2.20. The van der Waals surface area contributed by atoms with Gasteiger partial charge in [0.1, 0.15) is 0 Å². The van der Waals surface area contributed by atoms with Crippen molar-refractivity contribution in [1.29, 1.82) is 0 Å². The van der Waals surface area contributed by atoms with Crippen molar-refractivity contribution in [3.05, 3.63) is 0 Å². The van der Waals surface area contributed by atoms with E-state index >= 15 is 0 Å². The van der Waals surface area contributed by atoms with Crippen molar-refractivity contribution in [1.82, 2.24) is 10.2 Å². The van der Waals surface area contributed by atoms with Crippen LogP contribution in [0.4, 0.5) is 0 Å². The molecule has 0 bridgehead atoms. The predicted molar refractivity (Wildman–Crippen MR) is 66.7 cm³/mol. The maximum absolute atomic E-state index is 11.2. The van der Waals surface area contributed by atoms with E-state index in [1.54, 1.807) is 0 Å². The van der Waals surface area contributed by atoms with Crippen molar-refractivity contribution in [2.75, 3.05) is 31.6 Å². The smallest absolute Gasteiger partial charge is 0.0249 e. The van der Waals surface area contributed by atoms with Crippen molar-refractivity contribution in [2.24, 2.45) is 0 Å². The Morgan fingerprint density at radius 1 is 1.40 bits per heavy atom.